The van der Waals surface area contributed by atoms with Crippen LogP contribution in [-0.4, -0.2) is 16.1 Å². The average Bonchev–Trinajstić information content (AvgIpc) is 2.73. The third-order valence-electron chi connectivity index (χ3n) is 1.45. The smallest absolute Gasteiger partial charge is 0.312 e. The van der Waals surface area contributed by atoms with Gasteiger partial charge in [-0.15, -0.1) is 22.0 Å². The van der Waals surface area contributed by atoms with E-state index in [1.54, 1.807) is 16.5 Å². The lowest BCUT2D eigenvalue weighted by molar-refractivity contribution is -0.138. The molecule has 0 N–H and O–H groups in total. The Balaban J connectivity index is 2.21. The Morgan fingerprint density at radius 3 is 2.64 bits per heavy atom. The average molecular weight is 239 g/mol. The van der Waals surface area contributed by atoms with Gasteiger partial charge in [0.15, 0.2) is 0 Å². The van der Waals surface area contributed by atoms with Gasteiger partial charge in [0.1, 0.15) is 0 Å². The standard InChI is InChI=1S/C6H4F3N3S2/c7-6(8,9)4-10-11-5(14-4)12-1-2-13-3-12/h1-2H,3H2. The molecule has 0 radical (unpaired) electrons. The third-order valence-corrected chi connectivity index (χ3v) is 3.20. The highest BCUT2D eigenvalue weighted by Crippen LogP contribution is 2.35. The van der Waals surface area contributed by atoms with Crippen molar-refractivity contribution in [2.45, 2.75) is 6.18 Å². The van der Waals surface area contributed by atoms with E-state index in [1.165, 1.54) is 11.8 Å². The fourth-order valence-electron chi connectivity index (χ4n) is 0.848. The first kappa shape index (κ1) is 9.78. The molecule has 2 heterocycles. The lowest BCUT2D eigenvalue weighted by Gasteiger charge is -2.07. The lowest BCUT2D eigenvalue weighted by atomic mass is 10.7. The van der Waals surface area contributed by atoms with E-state index in [0.29, 0.717) is 17.2 Å². The van der Waals surface area contributed by atoms with Gasteiger partial charge in [-0.25, -0.2) is 0 Å². The largest absolute Gasteiger partial charge is 0.445 e. The van der Waals surface area contributed by atoms with Gasteiger partial charge in [0.25, 0.3) is 0 Å². The van der Waals surface area contributed by atoms with E-state index >= 15 is 0 Å². The molecule has 1 aliphatic rings. The number of thioether (sulfide) groups is 1. The van der Waals surface area contributed by atoms with Gasteiger partial charge in [0.05, 0.1) is 5.88 Å². The van der Waals surface area contributed by atoms with Crippen molar-refractivity contribution in [3.63, 3.8) is 0 Å². The maximum absolute atomic E-state index is 12.2. The second kappa shape index (κ2) is 3.43. The van der Waals surface area contributed by atoms with Crippen LogP contribution in [0.3, 0.4) is 0 Å². The topological polar surface area (TPSA) is 29.0 Å². The lowest BCUT2D eigenvalue weighted by Crippen LogP contribution is -2.09. The summed E-state index contributed by atoms with van der Waals surface area (Å²) in [5.74, 6) is 0.590. The minimum Gasteiger partial charge on any atom is -0.312 e. The van der Waals surface area contributed by atoms with E-state index < -0.39 is 11.2 Å². The number of aromatic nitrogens is 2. The van der Waals surface area contributed by atoms with Crippen molar-refractivity contribution in [2.75, 3.05) is 10.8 Å². The Hall–Kier alpha value is -0.760. The van der Waals surface area contributed by atoms with Crippen LogP contribution in [-0.2, 0) is 6.18 Å². The van der Waals surface area contributed by atoms with Crippen LogP contribution < -0.4 is 4.90 Å². The zero-order chi connectivity index (χ0) is 10.2. The van der Waals surface area contributed by atoms with Crippen LogP contribution in [0.1, 0.15) is 5.01 Å². The fraction of sp³-hybridized carbons (Fsp3) is 0.333. The number of halogens is 3. The van der Waals surface area contributed by atoms with Crippen molar-refractivity contribution < 1.29 is 13.2 Å². The van der Waals surface area contributed by atoms with Gasteiger partial charge in [0, 0.05) is 6.20 Å². The molecule has 1 aromatic rings. The highest BCUT2D eigenvalue weighted by atomic mass is 32.2. The summed E-state index contributed by atoms with van der Waals surface area (Å²) in [6.45, 7) is 0. The van der Waals surface area contributed by atoms with E-state index in [2.05, 4.69) is 10.2 Å². The van der Waals surface area contributed by atoms with Gasteiger partial charge < -0.3 is 4.90 Å². The predicted molar refractivity (Wildman–Crippen MR) is 49.0 cm³/mol. The molecular weight excluding hydrogens is 235 g/mol. The molecule has 76 valence electrons. The first-order valence-electron chi connectivity index (χ1n) is 3.53. The van der Waals surface area contributed by atoms with E-state index in [0.717, 1.165) is 0 Å². The molecule has 1 aromatic heterocycles. The zero-order valence-electron chi connectivity index (χ0n) is 6.65. The molecule has 0 saturated carbocycles. The number of rotatable bonds is 1. The molecular formula is C6H4F3N3S2. The molecule has 0 aliphatic carbocycles. The van der Waals surface area contributed by atoms with Crippen LogP contribution in [0.2, 0.25) is 0 Å². The van der Waals surface area contributed by atoms with Crippen molar-refractivity contribution in [3.8, 4) is 0 Å². The molecule has 0 fully saturated rings. The van der Waals surface area contributed by atoms with Crippen molar-refractivity contribution in [2.24, 2.45) is 0 Å². The van der Waals surface area contributed by atoms with Crippen LogP contribution in [0.15, 0.2) is 11.6 Å². The normalized spacial score (nSPS) is 16.6. The van der Waals surface area contributed by atoms with Crippen molar-refractivity contribution >= 4 is 28.2 Å². The quantitative estimate of drug-likeness (QED) is 0.753. The Kier molecular flexibility index (Phi) is 2.40. The fourth-order valence-corrected chi connectivity index (χ4v) is 2.31. The molecule has 2 rings (SSSR count). The van der Waals surface area contributed by atoms with Crippen molar-refractivity contribution in [1.29, 1.82) is 0 Å². The molecule has 0 amide bonds. The van der Waals surface area contributed by atoms with Crippen LogP contribution in [0.25, 0.3) is 0 Å². The number of hydrogen-bond acceptors (Lipinski definition) is 5. The van der Waals surface area contributed by atoms with E-state index in [1.807, 2.05) is 0 Å². The summed E-state index contributed by atoms with van der Waals surface area (Å²) in [4.78, 5) is 1.62. The number of alkyl halides is 3. The van der Waals surface area contributed by atoms with E-state index in [9.17, 15) is 13.2 Å². The SMILES string of the molecule is FC(F)(F)c1nnc(N2C=CSC2)s1. The molecule has 0 bridgehead atoms. The first-order valence-corrected chi connectivity index (χ1v) is 5.39. The second-order valence-corrected chi connectivity index (χ2v) is 4.26. The number of hydrogen-bond donors (Lipinski definition) is 0. The summed E-state index contributed by atoms with van der Waals surface area (Å²) < 4.78 is 36.5. The monoisotopic (exact) mass is 239 g/mol. The molecule has 0 unspecified atom stereocenters. The number of anilines is 1. The van der Waals surface area contributed by atoms with Crippen LogP contribution in [0, 0.1) is 0 Å². The Labute approximate surface area is 85.6 Å². The highest BCUT2D eigenvalue weighted by Gasteiger charge is 2.36. The summed E-state index contributed by atoms with van der Waals surface area (Å²) >= 11 is 2.05. The minimum atomic E-state index is -4.40. The van der Waals surface area contributed by atoms with Gasteiger partial charge in [0.2, 0.25) is 10.1 Å². The van der Waals surface area contributed by atoms with Crippen molar-refractivity contribution in [3.05, 3.63) is 16.6 Å². The molecule has 0 atom stereocenters. The molecule has 0 aromatic carbocycles. The summed E-state index contributed by atoms with van der Waals surface area (Å²) in [7, 11) is 0. The summed E-state index contributed by atoms with van der Waals surface area (Å²) in [6.07, 6.45) is -2.71. The van der Waals surface area contributed by atoms with Crippen LogP contribution >= 0.6 is 23.1 Å². The molecule has 3 nitrogen and oxygen atoms in total. The van der Waals surface area contributed by atoms with Gasteiger partial charge in [-0.2, -0.15) is 13.2 Å². The van der Waals surface area contributed by atoms with Gasteiger partial charge in [-0.1, -0.05) is 11.3 Å². The van der Waals surface area contributed by atoms with Crippen LogP contribution in [0.4, 0.5) is 18.3 Å². The summed E-state index contributed by atoms with van der Waals surface area (Å²) in [5, 5.41) is 7.74. The maximum Gasteiger partial charge on any atom is 0.445 e. The molecule has 0 saturated heterocycles. The van der Waals surface area contributed by atoms with E-state index in [4.69, 9.17) is 0 Å². The molecule has 0 spiro atoms. The molecule has 1 aliphatic heterocycles. The minimum absolute atomic E-state index is 0.276. The Bertz CT molecular complexity index is 359. The molecule has 8 heteroatoms. The van der Waals surface area contributed by atoms with Gasteiger partial charge >= 0.3 is 6.18 Å². The summed E-state index contributed by atoms with van der Waals surface area (Å²) in [6, 6.07) is 0. The Morgan fingerprint density at radius 2 is 2.14 bits per heavy atom. The van der Waals surface area contributed by atoms with Gasteiger partial charge in [-0.05, 0) is 5.41 Å². The first-order chi connectivity index (χ1) is 6.57. The third kappa shape index (κ3) is 1.85. The van der Waals surface area contributed by atoms with Gasteiger partial charge in [-0.3, -0.25) is 0 Å². The highest BCUT2D eigenvalue weighted by molar-refractivity contribution is 8.02. The van der Waals surface area contributed by atoms with Crippen LogP contribution in [0.5, 0.6) is 0 Å². The summed E-state index contributed by atoms with van der Waals surface area (Å²) in [5.41, 5.74) is 0. The van der Waals surface area contributed by atoms with E-state index in [-0.39, 0.29) is 5.13 Å². The second-order valence-electron chi connectivity index (χ2n) is 2.44. The van der Waals surface area contributed by atoms with Crippen molar-refractivity contribution in [1.82, 2.24) is 10.2 Å². The Morgan fingerprint density at radius 1 is 1.36 bits per heavy atom. The molecule has 14 heavy (non-hydrogen) atoms. The maximum atomic E-state index is 12.2. The predicted octanol–water partition coefficient (Wildman–Crippen LogP) is 2.54. The number of nitrogens with zero attached hydrogens (tertiary/aromatic N) is 3. The zero-order valence-corrected chi connectivity index (χ0v) is 8.29.